The molecule has 3 amide bonds. The van der Waals surface area contributed by atoms with Gasteiger partial charge in [-0.2, -0.15) is 0 Å². The third-order valence-electron chi connectivity index (χ3n) is 9.36. The molecule has 1 aromatic carbocycles. The maximum absolute atomic E-state index is 14.7. The molecule has 2 unspecified atom stereocenters. The number of para-hydroxylation sites is 1. The van der Waals surface area contributed by atoms with Crippen molar-refractivity contribution < 1.29 is 24.2 Å². The van der Waals surface area contributed by atoms with Crippen molar-refractivity contribution in [1.29, 1.82) is 0 Å². The topological polar surface area (TPSA) is 90.4 Å². The highest BCUT2D eigenvalue weighted by molar-refractivity contribution is 6.34. The summed E-state index contributed by atoms with van der Waals surface area (Å²) in [6.45, 7) is 13.4. The molecule has 0 radical (unpaired) electrons. The zero-order valence-corrected chi connectivity index (χ0v) is 25.9. The van der Waals surface area contributed by atoms with Crippen molar-refractivity contribution in [2.24, 2.45) is 11.8 Å². The van der Waals surface area contributed by atoms with Gasteiger partial charge in [-0.3, -0.25) is 14.4 Å². The zero-order chi connectivity index (χ0) is 30.5. The van der Waals surface area contributed by atoms with Crippen LogP contribution in [0, 0.1) is 11.8 Å². The molecule has 0 saturated carbocycles. The second-order valence-corrected chi connectivity index (χ2v) is 12.2. The summed E-state index contributed by atoms with van der Waals surface area (Å²) in [6, 6.07) is 6.27. The van der Waals surface area contributed by atoms with E-state index in [0.717, 1.165) is 19.3 Å². The number of amides is 3. The van der Waals surface area contributed by atoms with Gasteiger partial charge in [-0.25, -0.2) is 0 Å². The second-order valence-electron chi connectivity index (χ2n) is 11.8. The molecule has 5 atom stereocenters. The number of halogens is 1. The monoisotopic (exact) mass is 599 g/mol. The maximum Gasteiger partial charge on any atom is 0.253 e. The summed E-state index contributed by atoms with van der Waals surface area (Å²) in [5.74, 6) is -1.96. The number of nitrogens with zero attached hydrogens (tertiary/aromatic N) is 3. The van der Waals surface area contributed by atoms with Crippen molar-refractivity contribution in [2.75, 3.05) is 37.7 Å². The summed E-state index contributed by atoms with van der Waals surface area (Å²) >= 11 is 6.58. The lowest BCUT2D eigenvalue weighted by Gasteiger charge is -2.37. The van der Waals surface area contributed by atoms with E-state index >= 15 is 0 Å². The minimum absolute atomic E-state index is 0.0939. The lowest BCUT2D eigenvalue weighted by Crippen LogP contribution is -2.56. The standard InChI is InChI=1S/C33H46ClN3O5/c1-5-19-35(20-6-2)29(39)26-27-30(40)37(22-13-9-10-14-23-38)28(33(27)18-17-32(26,8-4)42-33)31(41)36(21-7-3)25-16-12-11-15-24(25)34/h5,7,11-12,15-16,26-28,38H,1,3,6,8-10,13-14,17-23H2,2,4H3/t26-,27+,28?,32+,33?/m1/s1. The number of ether oxygens (including phenoxy) is 1. The predicted molar refractivity (Wildman–Crippen MR) is 165 cm³/mol. The van der Waals surface area contributed by atoms with Crippen LogP contribution in [-0.2, 0) is 19.1 Å². The van der Waals surface area contributed by atoms with Crippen molar-refractivity contribution in [3.8, 4) is 0 Å². The molecule has 0 aliphatic carbocycles. The fourth-order valence-corrected chi connectivity index (χ4v) is 7.77. The Hall–Kier alpha value is -2.68. The first-order valence-electron chi connectivity index (χ1n) is 15.4. The van der Waals surface area contributed by atoms with E-state index in [2.05, 4.69) is 13.2 Å². The molecule has 3 fully saturated rings. The number of aliphatic hydroxyl groups is 1. The molecule has 230 valence electrons. The van der Waals surface area contributed by atoms with Crippen LogP contribution >= 0.6 is 11.6 Å². The van der Waals surface area contributed by atoms with Crippen LogP contribution in [0.4, 0.5) is 5.69 Å². The summed E-state index contributed by atoms with van der Waals surface area (Å²) in [5.41, 5.74) is -1.36. The van der Waals surface area contributed by atoms with Crippen LogP contribution in [0.25, 0.3) is 0 Å². The molecule has 1 N–H and O–H groups in total. The van der Waals surface area contributed by atoms with E-state index in [1.165, 1.54) is 0 Å². The smallest absolute Gasteiger partial charge is 0.253 e. The number of hydrogen-bond donors (Lipinski definition) is 1. The number of benzene rings is 1. The number of carbonyl (C=O) groups excluding carboxylic acids is 3. The lowest BCUT2D eigenvalue weighted by atomic mass is 9.64. The van der Waals surface area contributed by atoms with Crippen molar-refractivity contribution in [2.45, 2.75) is 82.5 Å². The van der Waals surface area contributed by atoms with Gasteiger partial charge in [0, 0.05) is 32.8 Å². The molecular formula is C33H46ClN3O5. The van der Waals surface area contributed by atoms with Crippen molar-refractivity contribution in [1.82, 2.24) is 9.80 Å². The van der Waals surface area contributed by atoms with Crippen LogP contribution < -0.4 is 4.90 Å². The van der Waals surface area contributed by atoms with Gasteiger partial charge in [0.2, 0.25) is 11.8 Å². The van der Waals surface area contributed by atoms with Crippen molar-refractivity contribution in [3.05, 3.63) is 54.6 Å². The fraction of sp³-hybridized carbons (Fsp3) is 0.606. The zero-order valence-electron chi connectivity index (χ0n) is 25.1. The molecule has 4 rings (SSSR count). The van der Waals surface area contributed by atoms with Crippen molar-refractivity contribution in [3.63, 3.8) is 0 Å². The lowest BCUT2D eigenvalue weighted by molar-refractivity contribution is -0.151. The Labute approximate surface area is 255 Å². The Kier molecular flexibility index (Phi) is 10.5. The van der Waals surface area contributed by atoms with Gasteiger partial charge in [0.25, 0.3) is 5.91 Å². The highest BCUT2D eigenvalue weighted by Gasteiger charge is 2.79. The average Bonchev–Trinajstić information content (AvgIpc) is 3.59. The van der Waals surface area contributed by atoms with Crippen LogP contribution in [-0.4, -0.2) is 82.7 Å². The Morgan fingerprint density at radius 3 is 2.45 bits per heavy atom. The SMILES string of the molecule is C=CCN(CCC)C(=O)[C@H]1[C@H]2C(=O)N(CCCCCCO)C(C(=O)N(CC=C)c3ccccc3Cl)C23CC[C@]1(CC)O3. The quantitative estimate of drug-likeness (QED) is 0.214. The Balaban J connectivity index is 1.79. The van der Waals surface area contributed by atoms with Gasteiger partial charge in [-0.1, -0.05) is 62.6 Å². The molecule has 42 heavy (non-hydrogen) atoms. The van der Waals surface area contributed by atoms with E-state index in [1.807, 2.05) is 26.0 Å². The number of aliphatic hydroxyl groups excluding tert-OH is 1. The Morgan fingerprint density at radius 2 is 1.81 bits per heavy atom. The Bertz CT molecular complexity index is 1180. The van der Waals surface area contributed by atoms with Gasteiger partial charge in [-0.15, -0.1) is 13.2 Å². The number of hydrogen-bond acceptors (Lipinski definition) is 5. The molecule has 9 heteroatoms. The van der Waals surface area contributed by atoms with E-state index in [1.54, 1.807) is 39.0 Å². The number of fused-ring (bicyclic) bond motifs is 1. The van der Waals surface area contributed by atoms with Crippen LogP contribution in [0.15, 0.2) is 49.6 Å². The molecule has 2 bridgehead atoms. The third-order valence-corrected chi connectivity index (χ3v) is 9.68. The van der Waals surface area contributed by atoms with Gasteiger partial charge < -0.3 is 24.5 Å². The second kappa shape index (κ2) is 13.7. The Morgan fingerprint density at radius 1 is 1.10 bits per heavy atom. The molecular weight excluding hydrogens is 554 g/mol. The van der Waals surface area contributed by atoms with E-state index in [-0.39, 0.29) is 30.9 Å². The van der Waals surface area contributed by atoms with E-state index in [4.69, 9.17) is 16.3 Å². The van der Waals surface area contributed by atoms with Crippen molar-refractivity contribution >= 4 is 35.0 Å². The first kappa shape index (κ1) is 32.2. The van der Waals surface area contributed by atoms with Crippen LogP contribution in [0.1, 0.15) is 65.2 Å². The van der Waals surface area contributed by atoms with Gasteiger partial charge in [0.1, 0.15) is 11.6 Å². The number of carbonyl (C=O) groups is 3. The normalized spacial score (nSPS) is 27.7. The molecule has 3 aliphatic heterocycles. The molecule has 3 heterocycles. The third kappa shape index (κ3) is 5.53. The van der Waals surface area contributed by atoms with E-state index in [0.29, 0.717) is 62.4 Å². The minimum Gasteiger partial charge on any atom is -0.396 e. The van der Waals surface area contributed by atoms with Crippen LogP contribution in [0.2, 0.25) is 5.02 Å². The van der Waals surface area contributed by atoms with Crippen LogP contribution in [0.5, 0.6) is 0 Å². The number of unbranched alkanes of at least 4 members (excludes halogenated alkanes) is 3. The maximum atomic E-state index is 14.7. The molecule has 1 spiro atoms. The van der Waals surface area contributed by atoms with Gasteiger partial charge in [0.15, 0.2) is 0 Å². The minimum atomic E-state index is -1.11. The number of rotatable bonds is 16. The fourth-order valence-electron chi connectivity index (χ4n) is 7.53. The van der Waals surface area contributed by atoms with Crippen LogP contribution in [0.3, 0.4) is 0 Å². The molecule has 8 nitrogen and oxygen atoms in total. The van der Waals surface area contributed by atoms with Gasteiger partial charge >= 0.3 is 0 Å². The summed E-state index contributed by atoms with van der Waals surface area (Å²) in [6.07, 6.45) is 8.88. The summed E-state index contributed by atoms with van der Waals surface area (Å²) in [4.78, 5) is 48.5. The molecule has 3 aliphatic rings. The summed E-state index contributed by atoms with van der Waals surface area (Å²) in [7, 11) is 0. The molecule has 3 saturated heterocycles. The first-order chi connectivity index (χ1) is 20.3. The first-order valence-corrected chi connectivity index (χ1v) is 15.8. The number of likely N-dealkylation sites (tertiary alicyclic amines) is 1. The highest BCUT2D eigenvalue weighted by atomic mass is 35.5. The van der Waals surface area contributed by atoms with E-state index in [9.17, 15) is 19.5 Å². The summed E-state index contributed by atoms with van der Waals surface area (Å²) < 4.78 is 6.96. The van der Waals surface area contributed by atoms with E-state index < -0.39 is 29.1 Å². The molecule has 0 aromatic heterocycles. The average molecular weight is 600 g/mol. The summed E-state index contributed by atoms with van der Waals surface area (Å²) in [5, 5.41) is 9.64. The predicted octanol–water partition coefficient (Wildman–Crippen LogP) is 4.99. The van der Waals surface area contributed by atoms with Gasteiger partial charge in [0.05, 0.1) is 28.1 Å². The molecule has 1 aromatic rings. The van der Waals surface area contributed by atoms with Gasteiger partial charge in [-0.05, 0) is 50.7 Å². The largest absolute Gasteiger partial charge is 0.396 e. The highest BCUT2D eigenvalue weighted by Crippen LogP contribution is 2.64. The number of anilines is 1.